The molecule has 0 atom stereocenters. The first-order valence-corrected chi connectivity index (χ1v) is 8.85. The summed E-state index contributed by atoms with van der Waals surface area (Å²) in [6.45, 7) is 6.08. The van der Waals surface area contributed by atoms with Crippen molar-refractivity contribution in [3.8, 4) is 5.69 Å². The number of carbonyl (C=O) groups is 2. The lowest BCUT2D eigenvalue weighted by molar-refractivity contribution is -0.137. The Balaban J connectivity index is 2.35. The highest BCUT2D eigenvalue weighted by molar-refractivity contribution is 6.37. The molecule has 1 aromatic heterocycles. The number of aryl methyl sites for hydroxylation is 1. The molecule has 0 bridgehead atoms. The van der Waals surface area contributed by atoms with Crippen molar-refractivity contribution in [3.63, 3.8) is 0 Å². The number of amides is 1. The molecule has 0 spiro atoms. The molecule has 9 heteroatoms. The summed E-state index contributed by atoms with van der Waals surface area (Å²) in [6, 6.07) is 5.05. The molecule has 1 N–H and O–H groups in total. The van der Waals surface area contributed by atoms with Crippen molar-refractivity contribution in [3.05, 3.63) is 39.9 Å². The number of carboxylic acids is 1. The quantitative estimate of drug-likeness (QED) is 0.771. The summed E-state index contributed by atoms with van der Waals surface area (Å²) >= 11 is 12.4. The maximum Gasteiger partial charge on any atom is 0.305 e. The molecule has 0 saturated heterocycles. The second-order valence-corrected chi connectivity index (χ2v) is 7.07. The molecule has 2 aromatic rings. The molecule has 1 amide bonds. The maximum atomic E-state index is 12.8. The smallest absolute Gasteiger partial charge is 0.305 e. The normalized spacial score (nSPS) is 11.0. The topological polar surface area (TPSA) is 88.3 Å². The predicted molar refractivity (Wildman–Crippen MR) is 99.1 cm³/mol. The molecular formula is C17H20Cl2N4O3. The minimum absolute atomic E-state index is 0.0236. The third kappa shape index (κ3) is 4.74. The van der Waals surface area contributed by atoms with Crippen LogP contribution in [0.5, 0.6) is 0 Å². The summed E-state index contributed by atoms with van der Waals surface area (Å²) in [5, 5.41) is 13.9. The second kappa shape index (κ2) is 8.51. The van der Waals surface area contributed by atoms with Gasteiger partial charge in [0.1, 0.15) is 11.5 Å². The summed E-state index contributed by atoms with van der Waals surface area (Å²) < 4.78 is 1.42. The van der Waals surface area contributed by atoms with Gasteiger partial charge in [0, 0.05) is 13.1 Å². The zero-order valence-electron chi connectivity index (χ0n) is 14.7. The highest BCUT2D eigenvalue weighted by Gasteiger charge is 2.24. The van der Waals surface area contributed by atoms with Crippen molar-refractivity contribution in [2.75, 3.05) is 13.1 Å². The van der Waals surface area contributed by atoms with E-state index in [1.54, 1.807) is 25.1 Å². The van der Waals surface area contributed by atoms with Crippen LogP contribution in [0.4, 0.5) is 0 Å². The van der Waals surface area contributed by atoms with Crippen LogP contribution in [0.1, 0.15) is 36.7 Å². The molecule has 0 radical (unpaired) electrons. The van der Waals surface area contributed by atoms with Gasteiger partial charge in [0.05, 0.1) is 16.5 Å². The van der Waals surface area contributed by atoms with E-state index in [1.807, 2.05) is 13.8 Å². The van der Waals surface area contributed by atoms with Crippen molar-refractivity contribution in [1.29, 1.82) is 0 Å². The lowest BCUT2D eigenvalue weighted by Crippen LogP contribution is -2.36. The van der Waals surface area contributed by atoms with E-state index in [1.165, 1.54) is 9.58 Å². The van der Waals surface area contributed by atoms with Crippen LogP contribution in [0.25, 0.3) is 5.69 Å². The van der Waals surface area contributed by atoms with Crippen molar-refractivity contribution in [1.82, 2.24) is 19.7 Å². The fourth-order valence-corrected chi connectivity index (χ4v) is 3.03. The number of carbonyl (C=O) groups excluding carboxylic acids is 1. The molecule has 0 aliphatic carbocycles. The molecule has 1 aromatic carbocycles. The zero-order chi connectivity index (χ0) is 19.4. The number of hydrogen-bond acceptors (Lipinski definition) is 4. The number of hydrogen-bond donors (Lipinski definition) is 1. The van der Waals surface area contributed by atoms with Gasteiger partial charge in [-0.2, -0.15) is 0 Å². The average molecular weight is 399 g/mol. The van der Waals surface area contributed by atoms with E-state index < -0.39 is 11.9 Å². The van der Waals surface area contributed by atoms with E-state index in [0.29, 0.717) is 28.1 Å². The van der Waals surface area contributed by atoms with Gasteiger partial charge in [-0.25, -0.2) is 9.67 Å². The summed E-state index contributed by atoms with van der Waals surface area (Å²) in [5.74, 6) is -0.793. The van der Waals surface area contributed by atoms with Gasteiger partial charge in [-0.05, 0) is 25.0 Å². The summed E-state index contributed by atoms with van der Waals surface area (Å²) in [5.41, 5.74) is 0.445. The largest absolute Gasteiger partial charge is 0.481 e. The summed E-state index contributed by atoms with van der Waals surface area (Å²) in [6.07, 6.45) is -0.144. The van der Waals surface area contributed by atoms with Crippen molar-refractivity contribution < 1.29 is 14.7 Å². The van der Waals surface area contributed by atoms with Crippen molar-refractivity contribution >= 4 is 35.1 Å². The third-order valence-corrected chi connectivity index (χ3v) is 4.19. The first-order valence-electron chi connectivity index (χ1n) is 8.09. The van der Waals surface area contributed by atoms with E-state index in [4.69, 9.17) is 28.3 Å². The minimum atomic E-state index is -0.968. The monoisotopic (exact) mass is 398 g/mol. The van der Waals surface area contributed by atoms with Gasteiger partial charge < -0.3 is 10.0 Å². The van der Waals surface area contributed by atoms with Crippen LogP contribution in [0.2, 0.25) is 10.0 Å². The Bertz CT molecular complexity index is 800. The number of para-hydroxylation sites is 1. The Morgan fingerprint density at radius 2 is 1.88 bits per heavy atom. The van der Waals surface area contributed by atoms with Crippen molar-refractivity contribution in [2.24, 2.45) is 5.92 Å². The number of rotatable bonds is 7. The zero-order valence-corrected chi connectivity index (χ0v) is 16.3. The molecule has 2 rings (SSSR count). The van der Waals surface area contributed by atoms with Gasteiger partial charge in [0.2, 0.25) is 5.82 Å². The van der Waals surface area contributed by atoms with Crippen LogP contribution >= 0.6 is 23.2 Å². The Morgan fingerprint density at radius 3 is 2.42 bits per heavy atom. The molecule has 0 fully saturated rings. The van der Waals surface area contributed by atoms with Crippen LogP contribution in [0, 0.1) is 12.8 Å². The van der Waals surface area contributed by atoms with Gasteiger partial charge >= 0.3 is 5.97 Å². The average Bonchev–Trinajstić information content (AvgIpc) is 2.92. The first-order chi connectivity index (χ1) is 12.2. The SMILES string of the molecule is Cc1nc(C(=O)N(CCC(=O)O)CC(C)C)nn1-c1c(Cl)cccc1Cl. The highest BCUT2D eigenvalue weighted by atomic mass is 35.5. The van der Waals surface area contributed by atoms with Crippen LogP contribution in [-0.2, 0) is 4.79 Å². The summed E-state index contributed by atoms with van der Waals surface area (Å²) in [7, 11) is 0. The Hall–Kier alpha value is -2.12. The number of carboxylic acid groups (broad SMARTS) is 1. The number of aromatic nitrogens is 3. The first kappa shape index (κ1) is 20.2. The lowest BCUT2D eigenvalue weighted by Gasteiger charge is -2.22. The molecular weight excluding hydrogens is 379 g/mol. The van der Waals surface area contributed by atoms with E-state index in [9.17, 15) is 9.59 Å². The molecule has 0 unspecified atom stereocenters. The number of halogens is 2. The van der Waals surface area contributed by atoms with Crippen LogP contribution in [0.15, 0.2) is 18.2 Å². The minimum Gasteiger partial charge on any atom is -0.481 e. The fraction of sp³-hybridized carbons (Fsp3) is 0.412. The third-order valence-electron chi connectivity index (χ3n) is 3.58. The van der Waals surface area contributed by atoms with Crippen molar-refractivity contribution in [2.45, 2.75) is 27.2 Å². The van der Waals surface area contributed by atoms with Gasteiger partial charge in [-0.3, -0.25) is 9.59 Å². The van der Waals surface area contributed by atoms with Crippen LogP contribution < -0.4 is 0 Å². The molecule has 0 saturated carbocycles. The highest BCUT2D eigenvalue weighted by Crippen LogP contribution is 2.28. The number of nitrogens with zero attached hydrogens (tertiary/aromatic N) is 4. The van der Waals surface area contributed by atoms with E-state index in [2.05, 4.69) is 10.1 Å². The molecule has 7 nitrogen and oxygen atoms in total. The standard InChI is InChI=1S/C17H20Cl2N4O3/c1-10(2)9-22(8-7-14(24)25)17(26)16-20-11(3)23(21-16)15-12(18)5-4-6-13(15)19/h4-6,10H,7-9H2,1-3H3,(H,24,25). The Morgan fingerprint density at radius 1 is 1.27 bits per heavy atom. The molecule has 140 valence electrons. The summed E-state index contributed by atoms with van der Waals surface area (Å²) in [4.78, 5) is 29.3. The predicted octanol–water partition coefficient (Wildman–Crippen LogP) is 3.46. The van der Waals surface area contributed by atoms with Crippen LogP contribution in [0.3, 0.4) is 0 Å². The number of benzene rings is 1. The van der Waals surface area contributed by atoms with Gasteiger partial charge in [0.25, 0.3) is 5.91 Å². The lowest BCUT2D eigenvalue weighted by atomic mass is 10.2. The van der Waals surface area contributed by atoms with Gasteiger partial charge in [0.15, 0.2) is 0 Å². The number of aliphatic carboxylic acids is 1. The Labute approximate surface area is 161 Å². The van der Waals surface area contributed by atoms with E-state index in [0.717, 1.165) is 0 Å². The molecule has 0 aliphatic rings. The van der Waals surface area contributed by atoms with E-state index >= 15 is 0 Å². The van der Waals surface area contributed by atoms with Gasteiger partial charge in [-0.15, -0.1) is 5.10 Å². The van der Waals surface area contributed by atoms with Gasteiger partial charge in [-0.1, -0.05) is 43.1 Å². The van der Waals surface area contributed by atoms with Crippen LogP contribution in [-0.4, -0.2) is 49.7 Å². The molecule has 0 aliphatic heterocycles. The molecule has 1 heterocycles. The molecule has 26 heavy (non-hydrogen) atoms. The maximum absolute atomic E-state index is 12.8. The Kier molecular flexibility index (Phi) is 6.61. The second-order valence-electron chi connectivity index (χ2n) is 6.25. The fourth-order valence-electron chi connectivity index (χ4n) is 2.47. The van der Waals surface area contributed by atoms with E-state index in [-0.39, 0.29) is 24.7 Å².